The van der Waals surface area contributed by atoms with E-state index in [2.05, 4.69) is 15.1 Å². The van der Waals surface area contributed by atoms with Crippen LogP contribution in [0.25, 0.3) is 28.2 Å². The van der Waals surface area contributed by atoms with Crippen LogP contribution in [0.5, 0.6) is 0 Å². The molecule has 3 aromatic heterocycles. The summed E-state index contributed by atoms with van der Waals surface area (Å²) in [6.07, 6.45) is 3.40. The first-order valence-corrected chi connectivity index (χ1v) is 7.32. The van der Waals surface area contributed by atoms with Gasteiger partial charge in [-0.05, 0) is 18.2 Å². The molecule has 0 fully saturated rings. The molecule has 1 aromatic carbocycles. The number of fused-ring (bicyclic) bond motifs is 1. The average Bonchev–Trinajstić information content (AvgIpc) is 3.07. The molecule has 24 heavy (non-hydrogen) atoms. The zero-order valence-corrected chi connectivity index (χ0v) is 12.5. The Bertz CT molecular complexity index is 1030. The van der Waals surface area contributed by atoms with Gasteiger partial charge in [-0.15, -0.1) is 0 Å². The molecule has 0 radical (unpaired) electrons. The predicted molar refractivity (Wildman–Crippen MR) is 88.6 cm³/mol. The lowest BCUT2D eigenvalue weighted by Gasteiger charge is -2.08. The minimum Gasteiger partial charge on any atom is -0.476 e. The predicted octanol–water partition coefficient (Wildman–Crippen LogP) is 3.16. The zero-order chi connectivity index (χ0) is 16.5. The van der Waals surface area contributed by atoms with Crippen LogP contribution in [0.15, 0.2) is 67.0 Å². The number of nitrogens with zero attached hydrogens (tertiary/aromatic N) is 4. The summed E-state index contributed by atoms with van der Waals surface area (Å²) >= 11 is 0. The fourth-order valence-corrected chi connectivity index (χ4v) is 2.56. The Labute approximate surface area is 137 Å². The van der Waals surface area contributed by atoms with E-state index in [1.54, 1.807) is 12.4 Å². The van der Waals surface area contributed by atoms with Gasteiger partial charge in [-0.2, -0.15) is 5.10 Å². The summed E-state index contributed by atoms with van der Waals surface area (Å²) < 4.78 is 1.53. The van der Waals surface area contributed by atoms with Gasteiger partial charge in [-0.25, -0.2) is 14.3 Å². The Morgan fingerprint density at radius 3 is 2.50 bits per heavy atom. The van der Waals surface area contributed by atoms with Crippen LogP contribution in [0.2, 0.25) is 0 Å². The quantitative estimate of drug-likeness (QED) is 0.628. The number of rotatable bonds is 3. The molecule has 0 aliphatic heterocycles. The average molecular weight is 316 g/mol. The van der Waals surface area contributed by atoms with Crippen LogP contribution >= 0.6 is 0 Å². The van der Waals surface area contributed by atoms with Crippen LogP contribution in [-0.4, -0.2) is 30.7 Å². The van der Waals surface area contributed by atoms with Gasteiger partial charge in [0.2, 0.25) is 0 Å². The molecule has 0 bridgehead atoms. The highest BCUT2D eigenvalue weighted by molar-refractivity contribution is 5.87. The third kappa shape index (κ3) is 2.40. The van der Waals surface area contributed by atoms with Gasteiger partial charge in [0, 0.05) is 29.6 Å². The number of hydrogen-bond donors (Lipinski definition) is 1. The molecule has 0 unspecified atom stereocenters. The molecule has 6 heteroatoms. The maximum atomic E-state index is 11.3. The Morgan fingerprint density at radius 1 is 1.00 bits per heavy atom. The van der Waals surface area contributed by atoms with Crippen LogP contribution in [0.4, 0.5) is 0 Å². The normalized spacial score (nSPS) is 10.8. The lowest BCUT2D eigenvalue weighted by atomic mass is 10.1. The molecule has 0 atom stereocenters. The van der Waals surface area contributed by atoms with E-state index < -0.39 is 5.97 Å². The number of carbonyl (C=O) groups is 1. The smallest absolute Gasteiger partial charge is 0.356 e. The van der Waals surface area contributed by atoms with Crippen molar-refractivity contribution in [3.63, 3.8) is 0 Å². The van der Waals surface area contributed by atoms with Gasteiger partial charge in [-0.3, -0.25) is 4.98 Å². The molecular weight excluding hydrogens is 304 g/mol. The SMILES string of the molecule is O=C(O)c1cc2nc(-c3ccccc3)cc(-c3cccnc3)n2n1. The topological polar surface area (TPSA) is 80.4 Å². The molecule has 4 rings (SSSR count). The van der Waals surface area contributed by atoms with Crippen LogP contribution in [0.1, 0.15) is 10.5 Å². The number of aromatic carboxylic acids is 1. The molecule has 6 nitrogen and oxygen atoms in total. The van der Waals surface area contributed by atoms with E-state index in [1.165, 1.54) is 10.6 Å². The van der Waals surface area contributed by atoms with E-state index in [4.69, 9.17) is 0 Å². The molecule has 0 saturated carbocycles. The standard InChI is InChI=1S/C18H12N4O2/c23-18(24)15-10-17-20-14(12-5-2-1-3-6-12)9-16(22(17)21-15)13-7-4-8-19-11-13/h1-11H,(H,23,24). The Kier molecular flexibility index (Phi) is 3.28. The van der Waals surface area contributed by atoms with E-state index >= 15 is 0 Å². The molecule has 3 heterocycles. The second-order valence-corrected chi connectivity index (χ2v) is 5.24. The van der Waals surface area contributed by atoms with Crippen LogP contribution < -0.4 is 0 Å². The van der Waals surface area contributed by atoms with E-state index in [0.29, 0.717) is 5.65 Å². The molecule has 1 N–H and O–H groups in total. The number of hydrogen-bond acceptors (Lipinski definition) is 4. The van der Waals surface area contributed by atoms with E-state index in [9.17, 15) is 9.90 Å². The first kappa shape index (κ1) is 14.1. The molecule has 4 aromatic rings. The number of aromatic nitrogens is 4. The Balaban J connectivity index is 2.02. The molecule has 116 valence electrons. The zero-order valence-electron chi connectivity index (χ0n) is 12.5. The van der Waals surface area contributed by atoms with Gasteiger partial charge in [-0.1, -0.05) is 30.3 Å². The van der Waals surface area contributed by atoms with E-state index in [1.807, 2.05) is 48.5 Å². The van der Waals surface area contributed by atoms with Gasteiger partial charge < -0.3 is 5.11 Å². The summed E-state index contributed by atoms with van der Waals surface area (Å²) in [6.45, 7) is 0. The van der Waals surface area contributed by atoms with Crippen molar-refractivity contribution < 1.29 is 9.90 Å². The van der Waals surface area contributed by atoms with Gasteiger partial charge >= 0.3 is 5.97 Å². The second-order valence-electron chi connectivity index (χ2n) is 5.24. The van der Waals surface area contributed by atoms with Gasteiger partial charge in [0.15, 0.2) is 11.3 Å². The van der Waals surface area contributed by atoms with Gasteiger partial charge in [0.1, 0.15) is 0 Å². The van der Waals surface area contributed by atoms with Crippen LogP contribution in [0.3, 0.4) is 0 Å². The van der Waals surface area contributed by atoms with Crippen molar-refractivity contribution in [2.75, 3.05) is 0 Å². The fraction of sp³-hybridized carbons (Fsp3) is 0. The van der Waals surface area contributed by atoms with Crippen LogP contribution in [0, 0.1) is 0 Å². The maximum absolute atomic E-state index is 11.3. The fourth-order valence-electron chi connectivity index (χ4n) is 2.56. The number of benzene rings is 1. The largest absolute Gasteiger partial charge is 0.476 e. The molecular formula is C18H12N4O2. The van der Waals surface area contributed by atoms with Crippen LogP contribution in [-0.2, 0) is 0 Å². The van der Waals surface area contributed by atoms with Crippen molar-refractivity contribution >= 4 is 11.6 Å². The first-order chi connectivity index (χ1) is 11.7. The van der Waals surface area contributed by atoms with Crippen molar-refractivity contribution in [3.8, 4) is 22.5 Å². The highest BCUT2D eigenvalue weighted by atomic mass is 16.4. The summed E-state index contributed by atoms with van der Waals surface area (Å²) in [5.74, 6) is -1.08. The number of carboxylic acid groups (broad SMARTS) is 1. The van der Waals surface area contributed by atoms with Crippen molar-refractivity contribution in [1.82, 2.24) is 19.6 Å². The molecule has 0 aliphatic rings. The van der Waals surface area contributed by atoms with Crippen molar-refractivity contribution in [2.45, 2.75) is 0 Å². The van der Waals surface area contributed by atoms with E-state index in [0.717, 1.165) is 22.5 Å². The van der Waals surface area contributed by atoms with Crippen molar-refractivity contribution in [2.24, 2.45) is 0 Å². The third-order valence-electron chi connectivity index (χ3n) is 3.67. The van der Waals surface area contributed by atoms with Crippen molar-refractivity contribution in [3.05, 3.63) is 72.7 Å². The van der Waals surface area contributed by atoms with Gasteiger partial charge in [0.05, 0.1) is 11.4 Å². The molecule has 0 spiro atoms. The third-order valence-corrected chi connectivity index (χ3v) is 3.67. The summed E-state index contributed by atoms with van der Waals surface area (Å²) in [4.78, 5) is 19.9. The summed E-state index contributed by atoms with van der Waals surface area (Å²) in [5.41, 5.74) is 3.70. The summed E-state index contributed by atoms with van der Waals surface area (Å²) in [7, 11) is 0. The summed E-state index contributed by atoms with van der Waals surface area (Å²) in [5, 5.41) is 13.4. The minimum atomic E-state index is -1.08. The highest BCUT2D eigenvalue weighted by Gasteiger charge is 2.15. The number of pyridine rings is 1. The lowest BCUT2D eigenvalue weighted by Crippen LogP contribution is -2.01. The van der Waals surface area contributed by atoms with E-state index in [-0.39, 0.29) is 5.69 Å². The lowest BCUT2D eigenvalue weighted by molar-refractivity contribution is 0.0690. The van der Waals surface area contributed by atoms with Crippen molar-refractivity contribution in [1.29, 1.82) is 0 Å². The summed E-state index contributed by atoms with van der Waals surface area (Å²) in [6, 6.07) is 16.8. The molecule has 0 amide bonds. The minimum absolute atomic E-state index is 0.0437. The molecule has 0 aliphatic carbocycles. The van der Waals surface area contributed by atoms with Gasteiger partial charge in [0.25, 0.3) is 0 Å². The monoisotopic (exact) mass is 316 g/mol. The Morgan fingerprint density at radius 2 is 1.79 bits per heavy atom. The number of carboxylic acids is 1. The second kappa shape index (κ2) is 5.58. The first-order valence-electron chi connectivity index (χ1n) is 7.32. The molecule has 0 saturated heterocycles. The Hall–Kier alpha value is -3.54. The highest BCUT2D eigenvalue weighted by Crippen LogP contribution is 2.26. The maximum Gasteiger partial charge on any atom is 0.356 e.